The van der Waals surface area contributed by atoms with Gasteiger partial charge in [-0.3, -0.25) is 4.98 Å². The first-order chi connectivity index (χ1) is 13.7. The maximum absolute atomic E-state index is 6.47. The third kappa shape index (κ3) is 4.35. The molecule has 0 saturated heterocycles. The van der Waals surface area contributed by atoms with Crippen LogP contribution in [0.25, 0.3) is 11.3 Å². The molecule has 0 fully saturated rings. The summed E-state index contributed by atoms with van der Waals surface area (Å²) in [5.74, 6) is 0. The summed E-state index contributed by atoms with van der Waals surface area (Å²) >= 11 is 14.3. The lowest BCUT2D eigenvalue weighted by Crippen LogP contribution is -2.17. The van der Waals surface area contributed by atoms with Crippen LogP contribution in [0.15, 0.2) is 71.8 Å². The van der Waals surface area contributed by atoms with Gasteiger partial charge in [-0.25, -0.2) is 9.98 Å². The number of halogens is 2. The second-order valence-corrected chi connectivity index (χ2v) is 7.84. The first-order valence-electron chi connectivity index (χ1n) is 8.75. The van der Waals surface area contributed by atoms with Crippen LogP contribution in [-0.4, -0.2) is 19.1 Å². The molecule has 0 N–H and O–H groups in total. The summed E-state index contributed by atoms with van der Waals surface area (Å²) in [6.07, 6.45) is 10.0. The van der Waals surface area contributed by atoms with Gasteiger partial charge in [-0.2, -0.15) is 0 Å². The van der Waals surface area contributed by atoms with E-state index in [1.807, 2.05) is 36.8 Å². The number of pyridine rings is 1. The lowest BCUT2D eigenvalue weighted by molar-refractivity contribution is 0.559. The van der Waals surface area contributed by atoms with Crippen LogP contribution in [0, 0.1) is 0 Å². The van der Waals surface area contributed by atoms with Crippen LogP contribution in [0.3, 0.4) is 0 Å². The summed E-state index contributed by atoms with van der Waals surface area (Å²) < 4.78 is 4.25. The molecule has 0 bridgehead atoms. The molecule has 0 atom stereocenters. The second-order valence-electron chi connectivity index (χ2n) is 6.16. The fourth-order valence-corrected chi connectivity index (χ4v) is 4.24. The molecule has 28 heavy (non-hydrogen) atoms. The predicted molar refractivity (Wildman–Crippen MR) is 114 cm³/mol. The van der Waals surface area contributed by atoms with Crippen molar-refractivity contribution >= 4 is 40.2 Å². The van der Waals surface area contributed by atoms with Gasteiger partial charge in [-0.1, -0.05) is 23.2 Å². The Morgan fingerprint density at radius 1 is 1.07 bits per heavy atom. The number of rotatable bonds is 6. The predicted octanol–water partition coefficient (Wildman–Crippen LogP) is 5.44. The summed E-state index contributed by atoms with van der Waals surface area (Å²) in [7, 11) is 0. The summed E-state index contributed by atoms with van der Waals surface area (Å²) in [5.41, 5.74) is 2.72. The van der Waals surface area contributed by atoms with Crippen LogP contribution >= 0.6 is 34.5 Å². The largest absolute Gasteiger partial charge is 0.337 e. The topological polar surface area (TPSA) is 48.0 Å². The maximum Gasteiger partial charge on any atom is 0.190 e. The number of thiazole rings is 1. The Morgan fingerprint density at radius 3 is 2.79 bits per heavy atom. The fraction of sp³-hybridized carbons (Fsp3) is 0.150. The molecule has 0 saturated carbocycles. The average Bonchev–Trinajstić information content (AvgIpc) is 3.35. The highest BCUT2D eigenvalue weighted by Crippen LogP contribution is 2.31. The van der Waals surface area contributed by atoms with Crippen molar-refractivity contribution in [2.45, 2.75) is 19.5 Å². The van der Waals surface area contributed by atoms with Crippen molar-refractivity contribution in [2.75, 3.05) is 0 Å². The minimum Gasteiger partial charge on any atom is -0.337 e. The fourth-order valence-electron chi connectivity index (χ4n) is 2.90. The van der Waals surface area contributed by atoms with E-state index in [1.54, 1.807) is 36.0 Å². The zero-order valence-electron chi connectivity index (χ0n) is 14.9. The average molecular weight is 430 g/mol. The highest BCUT2D eigenvalue weighted by Gasteiger charge is 2.12. The van der Waals surface area contributed by atoms with E-state index in [2.05, 4.69) is 24.5 Å². The molecule has 4 rings (SSSR count). The van der Waals surface area contributed by atoms with E-state index >= 15 is 0 Å². The van der Waals surface area contributed by atoms with Crippen molar-refractivity contribution in [2.24, 2.45) is 4.99 Å². The highest BCUT2D eigenvalue weighted by atomic mass is 35.5. The van der Waals surface area contributed by atoms with Crippen LogP contribution in [0.2, 0.25) is 10.0 Å². The van der Waals surface area contributed by atoms with Crippen molar-refractivity contribution in [3.63, 3.8) is 0 Å². The van der Waals surface area contributed by atoms with E-state index < -0.39 is 0 Å². The van der Waals surface area contributed by atoms with Crippen molar-refractivity contribution in [1.82, 2.24) is 19.1 Å². The molecule has 3 aromatic heterocycles. The molecular formula is C20H17Cl2N5S. The van der Waals surface area contributed by atoms with Crippen molar-refractivity contribution in [3.05, 3.63) is 81.7 Å². The first-order valence-corrected chi connectivity index (χ1v) is 10.4. The monoisotopic (exact) mass is 429 g/mol. The molecule has 0 radical (unpaired) electrons. The Labute approximate surface area is 176 Å². The zero-order chi connectivity index (χ0) is 19.3. The summed E-state index contributed by atoms with van der Waals surface area (Å²) in [5, 5.41) is 3.39. The number of hydrogen-bond acceptors (Lipinski definition) is 4. The van der Waals surface area contributed by atoms with E-state index in [4.69, 9.17) is 28.2 Å². The lowest BCUT2D eigenvalue weighted by atomic mass is 10.1. The molecule has 1 aromatic carbocycles. The van der Waals surface area contributed by atoms with Gasteiger partial charge in [0.1, 0.15) is 0 Å². The second kappa shape index (κ2) is 8.73. The van der Waals surface area contributed by atoms with Crippen LogP contribution < -0.4 is 4.80 Å². The molecule has 0 unspecified atom stereocenters. The van der Waals surface area contributed by atoms with Gasteiger partial charge in [0.15, 0.2) is 4.80 Å². The first kappa shape index (κ1) is 18.9. The number of hydrogen-bond donors (Lipinski definition) is 0. The standard InChI is InChI=1S/C20H17Cl2N5S/c21-15-4-5-18(22)17(11-15)19-13-28-20(25-16-3-1-6-23-12-16)27(19)9-2-8-26-10-7-24-14-26/h1,3-7,10-14H,2,8-9H2. The van der Waals surface area contributed by atoms with E-state index in [0.29, 0.717) is 10.0 Å². The van der Waals surface area contributed by atoms with Crippen LogP contribution in [0.4, 0.5) is 5.69 Å². The number of imidazole rings is 1. The molecule has 5 nitrogen and oxygen atoms in total. The van der Waals surface area contributed by atoms with Gasteiger partial charge in [-0.05, 0) is 36.8 Å². The third-order valence-electron chi connectivity index (χ3n) is 4.23. The minimum absolute atomic E-state index is 0.654. The molecule has 8 heteroatoms. The molecule has 0 aliphatic heterocycles. The van der Waals surface area contributed by atoms with Gasteiger partial charge >= 0.3 is 0 Å². The normalized spacial score (nSPS) is 11.9. The minimum atomic E-state index is 0.654. The Bertz CT molecular complexity index is 1120. The SMILES string of the molecule is Clc1ccc(Cl)c(-c2csc(=Nc3cccnc3)n2CCCn2ccnc2)c1. The quantitative estimate of drug-likeness (QED) is 0.409. The molecule has 142 valence electrons. The number of aromatic nitrogens is 4. The van der Waals surface area contributed by atoms with E-state index in [1.165, 1.54) is 0 Å². The van der Waals surface area contributed by atoms with Crippen molar-refractivity contribution in [1.29, 1.82) is 0 Å². The number of nitrogens with zero attached hydrogens (tertiary/aromatic N) is 5. The van der Waals surface area contributed by atoms with E-state index in [9.17, 15) is 0 Å². The lowest BCUT2D eigenvalue weighted by Gasteiger charge is -2.11. The number of benzene rings is 1. The highest BCUT2D eigenvalue weighted by molar-refractivity contribution is 7.07. The Morgan fingerprint density at radius 2 is 2.00 bits per heavy atom. The van der Waals surface area contributed by atoms with Crippen molar-refractivity contribution in [3.8, 4) is 11.3 Å². The van der Waals surface area contributed by atoms with Gasteiger partial charge in [0, 0.05) is 47.6 Å². The van der Waals surface area contributed by atoms with Crippen LogP contribution in [0.1, 0.15) is 6.42 Å². The smallest absolute Gasteiger partial charge is 0.190 e. The molecular weight excluding hydrogens is 413 g/mol. The van der Waals surface area contributed by atoms with Crippen LogP contribution in [-0.2, 0) is 13.1 Å². The van der Waals surface area contributed by atoms with Gasteiger partial charge < -0.3 is 9.13 Å². The van der Waals surface area contributed by atoms with Crippen LogP contribution in [0.5, 0.6) is 0 Å². The van der Waals surface area contributed by atoms with E-state index in [-0.39, 0.29) is 0 Å². The van der Waals surface area contributed by atoms with Gasteiger partial charge in [0.25, 0.3) is 0 Å². The molecule has 4 aromatic rings. The van der Waals surface area contributed by atoms with E-state index in [0.717, 1.165) is 41.3 Å². The molecule has 0 aliphatic rings. The number of aryl methyl sites for hydroxylation is 1. The summed E-state index contributed by atoms with van der Waals surface area (Å²) in [6.45, 7) is 1.66. The zero-order valence-corrected chi connectivity index (χ0v) is 17.2. The summed E-state index contributed by atoms with van der Waals surface area (Å²) in [6, 6.07) is 9.33. The van der Waals surface area contributed by atoms with Crippen molar-refractivity contribution < 1.29 is 0 Å². The summed E-state index contributed by atoms with van der Waals surface area (Å²) in [4.78, 5) is 13.9. The van der Waals surface area contributed by atoms with Gasteiger partial charge in [0.05, 0.1) is 28.9 Å². The molecule has 0 spiro atoms. The molecule has 0 amide bonds. The van der Waals surface area contributed by atoms with Gasteiger partial charge in [-0.15, -0.1) is 11.3 Å². The third-order valence-corrected chi connectivity index (χ3v) is 5.66. The Kier molecular flexibility index (Phi) is 5.90. The van der Waals surface area contributed by atoms with Gasteiger partial charge in [0.2, 0.25) is 0 Å². The Hall–Kier alpha value is -2.41. The maximum atomic E-state index is 6.47. The Balaban J connectivity index is 1.73. The molecule has 0 aliphatic carbocycles. The molecule has 3 heterocycles.